The predicted molar refractivity (Wildman–Crippen MR) is 81.5 cm³/mol. The average Bonchev–Trinajstić information content (AvgIpc) is 2.95. The summed E-state index contributed by atoms with van der Waals surface area (Å²) >= 11 is 6.12. The molecular formula is C16H19ClN2O2. The number of hydrogen-bond acceptors (Lipinski definition) is 4. The summed E-state index contributed by atoms with van der Waals surface area (Å²) in [6.45, 7) is 1.40. The molecule has 3 rings (SSSR count). The van der Waals surface area contributed by atoms with Crippen molar-refractivity contribution in [2.75, 3.05) is 25.2 Å². The van der Waals surface area contributed by atoms with Gasteiger partial charge < -0.3 is 14.4 Å². The van der Waals surface area contributed by atoms with Crippen LogP contribution in [0.2, 0.25) is 5.02 Å². The molecule has 1 saturated heterocycles. The van der Waals surface area contributed by atoms with Crippen molar-refractivity contribution in [3.05, 3.63) is 28.8 Å². The van der Waals surface area contributed by atoms with Crippen LogP contribution < -0.4 is 4.90 Å². The highest BCUT2D eigenvalue weighted by atomic mass is 35.5. The summed E-state index contributed by atoms with van der Waals surface area (Å²) in [5.41, 5.74) is 1.45. The van der Waals surface area contributed by atoms with Gasteiger partial charge in [-0.05, 0) is 25.0 Å². The summed E-state index contributed by atoms with van der Waals surface area (Å²) in [5.74, 6) is -0.344. The third-order valence-electron chi connectivity index (χ3n) is 4.56. The maximum atomic E-state index is 9.31. The van der Waals surface area contributed by atoms with Crippen molar-refractivity contribution < 1.29 is 9.47 Å². The molecule has 1 aromatic carbocycles. The Labute approximate surface area is 130 Å². The van der Waals surface area contributed by atoms with E-state index in [1.54, 1.807) is 6.07 Å². The lowest BCUT2D eigenvalue weighted by atomic mass is 9.89. The molecule has 1 heterocycles. The van der Waals surface area contributed by atoms with Crippen molar-refractivity contribution in [3.63, 3.8) is 0 Å². The quantitative estimate of drug-likeness (QED) is 0.840. The van der Waals surface area contributed by atoms with Crippen molar-refractivity contribution in [1.82, 2.24) is 0 Å². The van der Waals surface area contributed by atoms with E-state index in [1.165, 1.54) is 0 Å². The Morgan fingerprint density at radius 1 is 1.29 bits per heavy atom. The number of hydrogen-bond donors (Lipinski definition) is 0. The zero-order valence-electron chi connectivity index (χ0n) is 12.1. The van der Waals surface area contributed by atoms with Crippen LogP contribution in [0.1, 0.15) is 31.2 Å². The lowest BCUT2D eigenvalue weighted by Crippen LogP contribution is -2.43. The zero-order chi connectivity index (χ0) is 14.9. The van der Waals surface area contributed by atoms with E-state index in [-0.39, 0.29) is 5.79 Å². The molecule has 21 heavy (non-hydrogen) atoms. The van der Waals surface area contributed by atoms with Gasteiger partial charge in [0.25, 0.3) is 0 Å². The van der Waals surface area contributed by atoms with Gasteiger partial charge in [0.05, 0.1) is 29.5 Å². The normalized spacial score (nSPS) is 21.4. The maximum absolute atomic E-state index is 9.31. The fraction of sp³-hybridized carbons (Fsp3) is 0.562. The Balaban J connectivity index is 1.74. The van der Waals surface area contributed by atoms with Crippen molar-refractivity contribution in [1.29, 1.82) is 5.26 Å². The fourth-order valence-electron chi connectivity index (χ4n) is 3.33. The largest absolute Gasteiger partial charge is 0.370 e. The molecule has 1 aliphatic heterocycles. The van der Waals surface area contributed by atoms with Gasteiger partial charge in [-0.15, -0.1) is 0 Å². The Morgan fingerprint density at radius 2 is 1.95 bits per heavy atom. The minimum atomic E-state index is -0.344. The number of rotatable bonds is 2. The van der Waals surface area contributed by atoms with Crippen LogP contribution in [0.5, 0.6) is 0 Å². The monoisotopic (exact) mass is 306 g/mol. The second-order valence-electron chi connectivity index (χ2n) is 5.70. The Hall–Kier alpha value is -1.28. The van der Waals surface area contributed by atoms with Gasteiger partial charge in [0, 0.05) is 25.9 Å². The number of anilines is 1. The summed E-state index contributed by atoms with van der Waals surface area (Å²) in [6, 6.07) is 8.20. The van der Waals surface area contributed by atoms with Gasteiger partial charge in [0.15, 0.2) is 5.79 Å². The van der Waals surface area contributed by atoms with Gasteiger partial charge in [-0.1, -0.05) is 17.7 Å². The van der Waals surface area contributed by atoms with E-state index in [9.17, 15) is 5.26 Å². The molecule has 112 valence electrons. The summed E-state index contributed by atoms with van der Waals surface area (Å²) < 4.78 is 11.5. The number of nitriles is 1. The van der Waals surface area contributed by atoms with Crippen LogP contribution in [0.15, 0.2) is 18.2 Å². The number of ether oxygens (including phenoxy) is 2. The summed E-state index contributed by atoms with van der Waals surface area (Å²) in [7, 11) is 2.03. The third-order valence-corrected chi connectivity index (χ3v) is 4.88. The minimum Gasteiger partial charge on any atom is -0.370 e. The molecule has 0 amide bonds. The average molecular weight is 307 g/mol. The van der Waals surface area contributed by atoms with E-state index in [1.807, 2.05) is 19.2 Å². The van der Waals surface area contributed by atoms with Gasteiger partial charge in [-0.2, -0.15) is 5.26 Å². The highest BCUT2D eigenvalue weighted by Gasteiger charge is 2.41. The molecule has 2 aliphatic rings. The first kappa shape index (κ1) is 14.6. The van der Waals surface area contributed by atoms with Crippen LogP contribution in [0.3, 0.4) is 0 Å². The number of halogens is 1. The number of nitrogens with zero attached hydrogens (tertiary/aromatic N) is 2. The van der Waals surface area contributed by atoms with E-state index < -0.39 is 0 Å². The van der Waals surface area contributed by atoms with E-state index in [4.69, 9.17) is 21.1 Å². The van der Waals surface area contributed by atoms with E-state index in [0.717, 1.165) is 31.4 Å². The standard InChI is InChI=1S/C16H19ClN2O2/c1-19(15-4-2-3-14(17)13(15)11-18)12-5-7-16(8-6-12)20-9-10-21-16/h2-4,12H,5-10H2,1H3. The molecule has 0 radical (unpaired) electrons. The smallest absolute Gasteiger partial charge is 0.168 e. The van der Waals surface area contributed by atoms with Crippen LogP contribution in [0.25, 0.3) is 0 Å². The Bertz CT molecular complexity index is 554. The first-order chi connectivity index (χ1) is 10.2. The predicted octanol–water partition coefficient (Wildman–Crippen LogP) is 3.33. The van der Waals surface area contributed by atoms with Crippen LogP contribution >= 0.6 is 11.6 Å². The number of benzene rings is 1. The molecule has 2 fully saturated rings. The van der Waals surface area contributed by atoms with Gasteiger partial charge in [-0.25, -0.2) is 0 Å². The molecule has 0 unspecified atom stereocenters. The first-order valence-corrected chi connectivity index (χ1v) is 7.72. The molecule has 1 spiro atoms. The topological polar surface area (TPSA) is 45.5 Å². The zero-order valence-corrected chi connectivity index (χ0v) is 12.9. The Morgan fingerprint density at radius 3 is 2.57 bits per heavy atom. The summed E-state index contributed by atoms with van der Waals surface area (Å²) in [4.78, 5) is 2.17. The van der Waals surface area contributed by atoms with Crippen molar-refractivity contribution in [2.24, 2.45) is 0 Å². The molecule has 0 N–H and O–H groups in total. The lowest BCUT2D eigenvalue weighted by molar-refractivity contribution is -0.178. The first-order valence-electron chi connectivity index (χ1n) is 7.34. The minimum absolute atomic E-state index is 0.344. The molecule has 0 atom stereocenters. The van der Waals surface area contributed by atoms with Crippen LogP contribution in [0, 0.1) is 11.3 Å². The van der Waals surface area contributed by atoms with Crippen molar-refractivity contribution >= 4 is 17.3 Å². The van der Waals surface area contributed by atoms with Crippen LogP contribution in [-0.4, -0.2) is 32.1 Å². The van der Waals surface area contributed by atoms with E-state index in [0.29, 0.717) is 29.8 Å². The second kappa shape index (κ2) is 5.84. The molecule has 1 saturated carbocycles. The van der Waals surface area contributed by atoms with Gasteiger partial charge in [-0.3, -0.25) is 0 Å². The molecule has 1 aromatic rings. The van der Waals surface area contributed by atoms with E-state index in [2.05, 4.69) is 11.0 Å². The van der Waals surface area contributed by atoms with Crippen molar-refractivity contribution in [3.8, 4) is 6.07 Å². The summed E-state index contributed by atoms with van der Waals surface area (Å²) in [6.07, 6.45) is 3.80. The summed E-state index contributed by atoms with van der Waals surface area (Å²) in [5, 5.41) is 9.82. The lowest BCUT2D eigenvalue weighted by Gasteiger charge is -2.40. The SMILES string of the molecule is CN(c1cccc(Cl)c1C#N)C1CCC2(CC1)OCCO2. The molecule has 1 aliphatic carbocycles. The van der Waals surface area contributed by atoms with E-state index >= 15 is 0 Å². The molecule has 0 aromatic heterocycles. The second-order valence-corrected chi connectivity index (χ2v) is 6.10. The fourth-order valence-corrected chi connectivity index (χ4v) is 3.54. The maximum Gasteiger partial charge on any atom is 0.168 e. The van der Waals surface area contributed by atoms with Gasteiger partial charge >= 0.3 is 0 Å². The third kappa shape index (κ3) is 2.74. The Kier molecular flexibility index (Phi) is 4.08. The van der Waals surface area contributed by atoms with Gasteiger partial charge in [0.2, 0.25) is 0 Å². The van der Waals surface area contributed by atoms with Crippen molar-refractivity contribution in [2.45, 2.75) is 37.5 Å². The van der Waals surface area contributed by atoms with Crippen LogP contribution in [0.4, 0.5) is 5.69 Å². The highest BCUT2D eigenvalue weighted by Crippen LogP contribution is 2.39. The van der Waals surface area contributed by atoms with Crippen LogP contribution in [-0.2, 0) is 9.47 Å². The molecule has 0 bridgehead atoms. The molecule has 5 heteroatoms. The highest BCUT2D eigenvalue weighted by molar-refractivity contribution is 6.32. The molecule has 4 nitrogen and oxygen atoms in total. The molecular weight excluding hydrogens is 288 g/mol. The van der Waals surface area contributed by atoms with Gasteiger partial charge in [0.1, 0.15) is 6.07 Å².